The molecular formula is C23H23N5O2S. The largest absolute Gasteiger partial charge is 0.324 e. The molecule has 1 atom stereocenters. The van der Waals surface area contributed by atoms with E-state index in [4.69, 9.17) is 0 Å². The van der Waals surface area contributed by atoms with Crippen molar-refractivity contribution < 1.29 is 9.59 Å². The summed E-state index contributed by atoms with van der Waals surface area (Å²) in [6, 6.07) is 13.1. The van der Waals surface area contributed by atoms with Crippen LogP contribution in [0.2, 0.25) is 0 Å². The summed E-state index contributed by atoms with van der Waals surface area (Å²) in [4.78, 5) is 25.8. The van der Waals surface area contributed by atoms with Crippen LogP contribution in [0.1, 0.15) is 42.4 Å². The number of carbonyl (C=O) groups is 2. The van der Waals surface area contributed by atoms with Crippen molar-refractivity contribution in [3.8, 4) is 11.4 Å². The van der Waals surface area contributed by atoms with Crippen molar-refractivity contribution in [1.29, 1.82) is 0 Å². The van der Waals surface area contributed by atoms with Crippen molar-refractivity contribution in [2.45, 2.75) is 49.3 Å². The monoisotopic (exact) mass is 433 g/mol. The molecule has 5 rings (SSSR count). The number of nitrogens with one attached hydrogen (secondary N) is 2. The molecule has 3 heterocycles. The fourth-order valence-corrected chi connectivity index (χ4v) is 4.92. The molecule has 0 saturated carbocycles. The minimum absolute atomic E-state index is 0.0461. The summed E-state index contributed by atoms with van der Waals surface area (Å²) in [6.07, 6.45) is 4.43. The van der Waals surface area contributed by atoms with E-state index in [1.807, 2.05) is 37.3 Å². The Morgan fingerprint density at radius 2 is 2.06 bits per heavy atom. The minimum atomic E-state index is -0.224. The number of hydrogen-bond donors (Lipinski definition) is 2. The highest BCUT2D eigenvalue weighted by atomic mass is 32.2. The molecule has 0 saturated heterocycles. The maximum Gasteiger partial charge on any atom is 0.255 e. The molecule has 0 bridgehead atoms. The van der Waals surface area contributed by atoms with Gasteiger partial charge in [0.25, 0.3) is 5.91 Å². The number of aryl methyl sites for hydroxylation is 1. The molecule has 31 heavy (non-hydrogen) atoms. The number of rotatable bonds is 3. The molecule has 7 nitrogen and oxygen atoms in total. The van der Waals surface area contributed by atoms with Crippen molar-refractivity contribution in [1.82, 2.24) is 14.8 Å². The Morgan fingerprint density at radius 3 is 2.97 bits per heavy atom. The highest BCUT2D eigenvalue weighted by Crippen LogP contribution is 2.36. The summed E-state index contributed by atoms with van der Waals surface area (Å²) in [5.74, 6) is 1.61. The standard InChI is InChI=1S/C23H23N5O2S/c1-14-22(29)25-18-13-16(9-10-19(18)31-14)23(30)24-17-7-5-6-15(12-17)21-27-26-20-8-3-2-4-11-28(20)21/h5-7,9-10,12-14H,2-4,8,11H2,1H3,(H,24,30)(H,25,29)/t14-/m1/s1. The Balaban J connectivity index is 1.37. The van der Waals surface area contributed by atoms with Gasteiger partial charge in [-0.25, -0.2) is 0 Å². The van der Waals surface area contributed by atoms with Gasteiger partial charge >= 0.3 is 0 Å². The molecule has 2 N–H and O–H groups in total. The number of thioether (sulfide) groups is 1. The highest BCUT2D eigenvalue weighted by Gasteiger charge is 2.24. The van der Waals surface area contributed by atoms with E-state index in [2.05, 4.69) is 25.4 Å². The second-order valence-electron chi connectivity index (χ2n) is 7.90. The smallest absolute Gasteiger partial charge is 0.255 e. The molecular weight excluding hydrogens is 410 g/mol. The van der Waals surface area contributed by atoms with Crippen molar-refractivity contribution >= 4 is 35.0 Å². The van der Waals surface area contributed by atoms with Crippen molar-refractivity contribution in [2.75, 3.05) is 10.6 Å². The van der Waals surface area contributed by atoms with Gasteiger partial charge in [-0.3, -0.25) is 9.59 Å². The van der Waals surface area contributed by atoms with Gasteiger partial charge in [-0.2, -0.15) is 0 Å². The lowest BCUT2D eigenvalue weighted by Crippen LogP contribution is -2.26. The third-order valence-electron chi connectivity index (χ3n) is 5.66. The van der Waals surface area contributed by atoms with Crippen LogP contribution in [0.4, 0.5) is 11.4 Å². The van der Waals surface area contributed by atoms with Crippen molar-refractivity contribution in [3.63, 3.8) is 0 Å². The second kappa shape index (κ2) is 8.19. The fraction of sp³-hybridized carbons (Fsp3) is 0.304. The van der Waals surface area contributed by atoms with E-state index in [1.165, 1.54) is 18.2 Å². The predicted molar refractivity (Wildman–Crippen MR) is 121 cm³/mol. The minimum Gasteiger partial charge on any atom is -0.324 e. The van der Waals surface area contributed by atoms with E-state index in [0.29, 0.717) is 16.9 Å². The average molecular weight is 434 g/mol. The van der Waals surface area contributed by atoms with Crippen molar-refractivity contribution in [2.24, 2.45) is 0 Å². The van der Waals surface area contributed by atoms with Crippen LogP contribution < -0.4 is 10.6 Å². The zero-order chi connectivity index (χ0) is 21.4. The van der Waals surface area contributed by atoms with E-state index in [0.717, 1.165) is 47.9 Å². The van der Waals surface area contributed by atoms with Crippen LogP contribution in [0.25, 0.3) is 11.4 Å². The summed E-state index contributed by atoms with van der Waals surface area (Å²) in [5.41, 5.74) is 2.80. The Kier molecular flexibility index (Phi) is 5.23. The molecule has 0 unspecified atom stereocenters. The average Bonchev–Trinajstić information content (AvgIpc) is 3.02. The molecule has 2 aromatic carbocycles. The van der Waals surface area contributed by atoms with E-state index in [9.17, 15) is 9.59 Å². The number of aromatic nitrogens is 3. The second-order valence-corrected chi connectivity index (χ2v) is 9.28. The number of carbonyl (C=O) groups excluding carboxylic acids is 2. The van der Waals surface area contributed by atoms with Crippen LogP contribution in [0, 0.1) is 0 Å². The number of anilines is 2. The van der Waals surface area contributed by atoms with Crippen LogP contribution in [0.3, 0.4) is 0 Å². The zero-order valence-electron chi connectivity index (χ0n) is 17.2. The molecule has 1 aromatic heterocycles. The normalized spacial score (nSPS) is 17.8. The van der Waals surface area contributed by atoms with Crippen LogP contribution >= 0.6 is 11.8 Å². The molecule has 2 aliphatic heterocycles. The first-order valence-corrected chi connectivity index (χ1v) is 11.4. The lowest BCUT2D eigenvalue weighted by Gasteiger charge is -2.21. The van der Waals surface area contributed by atoms with Gasteiger partial charge in [0.2, 0.25) is 5.91 Å². The summed E-state index contributed by atoms with van der Waals surface area (Å²) in [7, 11) is 0. The summed E-state index contributed by atoms with van der Waals surface area (Å²) < 4.78 is 2.19. The quantitative estimate of drug-likeness (QED) is 0.641. The van der Waals surface area contributed by atoms with Crippen LogP contribution in [-0.2, 0) is 17.8 Å². The Morgan fingerprint density at radius 1 is 1.16 bits per heavy atom. The Hall–Kier alpha value is -3.13. The number of amides is 2. The Bertz CT molecular complexity index is 1170. The lowest BCUT2D eigenvalue weighted by atomic mass is 10.1. The summed E-state index contributed by atoms with van der Waals surface area (Å²) >= 11 is 1.50. The molecule has 0 aliphatic carbocycles. The van der Waals surface area contributed by atoms with Gasteiger partial charge < -0.3 is 15.2 Å². The maximum atomic E-state index is 12.9. The van der Waals surface area contributed by atoms with Gasteiger partial charge in [-0.15, -0.1) is 22.0 Å². The summed E-state index contributed by atoms with van der Waals surface area (Å²) in [6.45, 7) is 2.79. The third kappa shape index (κ3) is 3.95. The van der Waals surface area contributed by atoms with E-state index in [1.54, 1.807) is 12.1 Å². The molecule has 0 radical (unpaired) electrons. The lowest BCUT2D eigenvalue weighted by molar-refractivity contribution is -0.115. The molecule has 2 aliphatic rings. The van der Waals surface area contributed by atoms with Crippen LogP contribution in [-0.4, -0.2) is 31.8 Å². The maximum absolute atomic E-state index is 12.9. The van der Waals surface area contributed by atoms with Gasteiger partial charge in [0.1, 0.15) is 5.82 Å². The van der Waals surface area contributed by atoms with Crippen LogP contribution in [0.15, 0.2) is 47.4 Å². The molecule has 158 valence electrons. The molecule has 0 spiro atoms. The van der Waals surface area contributed by atoms with Gasteiger partial charge in [0, 0.05) is 34.7 Å². The first kappa shape index (κ1) is 19.8. The predicted octanol–water partition coefficient (Wildman–Crippen LogP) is 4.36. The molecule has 0 fully saturated rings. The first-order valence-electron chi connectivity index (χ1n) is 10.5. The number of benzene rings is 2. The first-order chi connectivity index (χ1) is 15.1. The van der Waals surface area contributed by atoms with E-state index in [-0.39, 0.29) is 17.1 Å². The SMILES string of the molecule is C[C@H]1Sc2ccc(C(=O)Nc3cccc(-c4nnc5n4CCCCC5)c3)cc2NC1=O. The van der Waals surface area contributed by atoms with Crippen LogP contribution in [0.5, 0.6) is 0 Å². The third-order valence-corrected chi connectivity index (χ3v) is 6.84. The van der Waals surface area contributed by atoms with Gasteiger partial charge in [-0.05, 0) is 50.1 Å². The van der Waals surface area contributed by atoms with Gasteiger partial charge in [0.05, 0.1) is 10.9 Å². The van der Waals surface area contributed by atoms with Crippen molar-refractivity contribution in [3.05, 3.63) is 53.9 Å². The molecule has 8 heteroatoms. The highest BCUT2D eigenvalue weighted by molar-refractivity contribution is 8.00. The number of nitrogens with zero attached hydrogens (tertiary/aromatic N) is 3. The summed E-state index contributed by atoms with van der Waals surface area (Å²) in [5, 5.41) is 14.5. The van der Waals surface area contributed by atoms with E-state index >= 15 is 0 Å². The van der Waals surface area contributed by atoms with Gasteiger partial charge in [0.15, 0.2) is 5.82 Å². The molecule has 2 amide bonds. The van der Waals surface area contributed by atoms with E-state index < -0.39 is 0 Å². The zero-order valence-corrected chi connectivity index (χ0v) is 18.0. The fourth-order valence-electron chi connectivity index (χ4n) is 3.99. The molecule has 3 aromatic rings. The van der Waals surface area contributed by atoms with Gasteiger partial charge in [-0.1, -0.05) is 18.6 Å². The number of hydrogen-bond acceptors (Lipinski definition) is 5. The Labute approximate surface area is 184 Å². The number of fused-ring (bicyclic) bond motifs is 2. The topological polar surface area (TPSA) is 88.9 Å².